The van der Waals surface area contributed by atoms with E-state index in [1.165, 1.54) is 15.3 Å². The van der Waals surface area contributed by atoms with Crippen LogP contribution in [0, 0.1) is 13.8 Å². The molecule has 1 fully saturated rings. The predicted octanol–water partition coefficient (Wildman–Crippen LogP) is 2.03. The van der Waals surface area contributed by atoms with E-state index in [0.29, 0.717) is 6.04 Å². The lowest BCUT2D eigenvalue weighted by Gasteiger charge is -2.22. The van der Waals surface area contributed by atoms with Gasteiger partial charge in [-0.15, -0.1) is 11.3 Å². The Balaban J connectivity index is 2.14. The molecule has 1 saturated heterocycles. The molecule has 2 heterocycles. The number of rotatable bonds is 1. The minimum atomic E-state index is 0.422. The minimum absolute atomic E-state index is 0.422. The number of hydrogen-bond donors (Lipinski definition) is 1. The van der Waals surface area contributed by atoms with Crippen LogP contribution in [0.3, 0.4) is 0 Å². The zero-order chi connectivity index (χ0) is 9.26. The van der Waals surface area contributed by atoms with Crippen molar-refractivity contribution in [1.82, 2.24) is 5.32 Å². The summed E-state index contributed by atoms with van der Waals surface area (Å²) < 4.78 is 5.43. The molecule has 3 heteroatoms. The van der Waals surface area contributed by atoms with Crippen LogP contribution in [0.15, 0.2) is 6.07 Å². The first-order valence-corrected chi connectivity index (χ1v) is 5.47. The number of morpholine rings is 1. The maximum atomic E-state index is 5.43. The van der Waals surface area contributed by atoms with Gasteiger partial charge in [0.2, 0.25) is 0 Å². The highest BCUT2D eigenvalue weighted by Gasteiger charge is 2.17. The van der Waals surface area contributed by atoms with Crippen LogP contribution in [-0.2, 0) is 4.74 Å². The Bertz CT molecular complexity index is 270. The summed E-state index contributed by atoms with van der Waals surface area (Å²) in [5.41, 5.74) is 1.40. The van der Waals surface area contributed by atoms with Crippen LogP contribution in [0.5, 0.6) is 0 Å². The molecule has 1 aliphatic heterocycles. The third kappa shape index (κ3) is 1.93. The number of hydrogen-bond acceptors (Lipinski definition) is 3. The number of thiophene rings is 1. The molecule has 1 aliphatic rings. The number of nitrogens with one attached hydrogen (secondary N) is 1. The van der Waals surface area contributed by atoms with E-state index in [2.05, 4.69) is 25.2 Å². The van der Waals surface area contributed by atoms with Gasteiger partial charge in [0.05, 0.1) is 19.3 Å². The monoisotopic (exact) mass is 197 g/mol. The van der Waals surface area contributed by atoms with Gasteiger partial charge in [-0.2, -0.15) is 0 Å². The second-order valence-corrected chi connectivity index (χ2v) is 4.76. The molecule has 2 rings (SSSR count). The van der Waals surface area contributed by atoms with E-state index in [4.69, 9.17) is 4.74 Å². The standard InChI is InChI=1S/C10H15NOS/c1-7-5-10(13-8(7)2)9-6-12-4-3-11-9/h5,9,11H,3-4,6H2,1-2H3. The molecule has 0 spiro atoms. The third-order valence-electron chi connectivity index (χ3n) is 2.45. The van der Waals surface area contributed by atoms with Crippen molar-refractivity contribution in [3.8, 4) is 0 Å². The second-order valence-electron chi connectivity index (χ2n) is 3.47. The fourth-order valence-corrected chi connectivity index (χ4v) is 2.62. The summed E-state index contributed by atoms with van der Waals surface area (Å²) in [5.74, 6) is 0. The predicted molar refractivity (Wildman–Crippen MR) is 55.4 cm³/mol. The molecule has 0 saturated carbocycles. The van der Waals surface area contributed by atoms with Gasteiger partial charge in [0, 0.05) is 16.3 Å². The second kappa shape index (κ2) is 3.78. The molecule has 0 bridgehead atoms. The highest BCUT2D eigenvalue weighted by Crippen LogP contribution is 2.27. The van der Waals surface area contributed by atoms with Crippen LogP contribution in [0.25, 0.3) is 0 Å². The molecule has 1 aromatic rings. The van der Waals surface area contributed by atoms with E-state index in [9.17, 15) is 0 Å². The molecule has 0 amide bonds. The lowest BCUT2D eigenvalue weighted by Crippen LogP contribution is -2.33. The van der Waals surface area contributed by atoms with E-state index >= 15 is 0 Å². The maximum Gasteiger partial charge on any atom is 0.0670 e. The lowest BCUT2D eigenvalue weighted by atomic mass is 10.2. The van der Waals surface area contributed by atoms with Crippen molar-refractivity contribution >= 4 is 11.3 Å². The molecule has 1 N–H and O–H groups in total. The van der Waals surface area contributed by atoms with E-state index < -0.39 is 0 Å². The van der Waals surface area contributed by atoms with Crippen molar-refractivity contribution in [2.75, 3.05) is 19.8 Å². The minimum Gasteiger partial charge on any atom is -0.378 e. The Morgan fingerprint density at radius 1 is 1.54 bits per heavy atom. The van der Waals surface area contributed by atoms with Crippen LogP contribution >= 0.6 is 11.3 Å². The van der Waals surface area contributed by atoms with E-state index in [1.54, 1.807) is 0 Å². The van der Waals surface area contributed by atoms with Crippen LogP contribution in [-0.4, -0.2) is 19.8 Å². The summed E-state index contributed by atoms with van der Waals surface area (Å²) in [6.07, 6.45) is 0. The van der Waals surface area contributed by atoms with Crippen LogP contribution < -0.4 is 5.32 Å². The van der Waals surface area contributed by atoms with Crippen molar-refractivity contribution in [3.63, 3.8) is 0 Å². The quantitative estimate of drug-likeness (QED) is 0.743. The van der Waals surface area contributed by atoms with Gasteiger partial charge in [-0.1, -0.05) is 0 Å². The van der Waals surface area contributed by atoms with E-state index in [1.807, 2.05) is 11.3 Å². The molecule has 2 nitrogen and oxygen atoms in total. The Labute approximate surface area is 82.9 Å². The summed E-state index contributed by atoms with van der Waals surface area (Å²) in [7, 11) is 0. The molecule has 1 atom stereocenters. The first kappa shape index (κ1) is 9.19. The molecule has 1 aromatic heterocycles. The Hall–Kier alpha value is -0.380. The van der Waals surface area contributed by atoms with Gasteiger partial charge in [-0.25, -0.2) is 0 Å². The van der Waals surface area contributed by atoms with E-state index in [-0.39, 0.29) is 0 Å². The molecule has 72 valence electrons. The fraction of sp³-hybridized carbons (Fsp3) is 0.600. The van der Waals surface area contributed by atoms with Crippen molar-refractivity contribution in [3.05, 3.63) is 21.4 Å². The normalized spacial score (nSPS) is 23.4. The number of ether oxygens (including phenoxy) is 1. The Kier molecular flexibility index (Phi) is 2.67. The SMILES string of the molecule is Cc1cc(C2COCCN2)sc1C. The maximum absolute atomic E-state index is 5.43. The van der Waals surface area contributed by atoms with Gasteiger partial charge in [0.25, 0.3) is 0 Å². The fourth-order valence-electron chi connectivity index (χ4n) is 1.52. The first-order chi connectivity index (χ1) is 6.27. The Morgan fingerprint density at radius 3 is 2.92 bits per heavy atom. The van der Waals surface area contributed by atoms with Crippen LogP contribution in [0.1, 0.15) is 21.4 Å². The van der Waals surface area contributed by atoms with Gasteiger partial charge in [-0.3, -0.25) is 0 Å². The molecule has 0 aliphatic carbocycles. The molecular formula is C10H15NOS. The van der Waals surface area contributed by atoms with Crippen molar-refractivity contribution in [2.24, 2.45) is 0 Å². The van der Waals surface area contributed by atoms with Gasteiger partial charge in [0.15, 0.2) is 0 Å². The van der Waals surface area contributed by atoms with E-state index in [0.717, 1.165) is 19.8 Å². The molecule has 0 radical (unpaired) electrons. The Morgan fingerprint density at radius 2 is 2.38 bits per heavy atom. The summed E-state index contributed by atoms with van der Waals surface area (Å²) in [4.78, 5) is 2.83. The van der Waals surface area contributed by atoms with Gasteiger partial charge < -0.3 is 10.1 Å². The summed E-state index contributed by atoms with van der Waals surface area (Å²) in [6.45, 7) is 6.98. The molecule has 13 heavy (non-hydrogen) atoms. The van der Waals surface area contributed by atoms with Gasteiger partial charge >= 0.3 is 0 Å². The van der Waals surface area contributed by atoms with Gasteiger partial charge in [-0.05, 0) is 25.5 Å². The molecular weight excluding hydrogens is 182 g/mol. The highest BCUT2D eigenvalue weighted by molar-refractivity contribution is 7.12. The van der Waals surface area contributed by atoms with Crippen molar-refractivity contribution in [2.45, 2.75) is 19.9 Å². The molecule has 0 aromatic carbocycles. The molecule has 1 unspecified atom stereocenters. The average molecular weight is 197 g/mol. The zero-order valence-electron chi connectivity index (χ0n) is 8.09. The van der Waals surface area contributed by atoms with Crippen LogP contribution in [0.4, 0.5) is 0 Å². The van der Waals surface area contributed by atoms with Crippen molar-refractivity contribution in [1.29, 1.82) is 0 Å². The number of aryl methyl sites for hydroxylation is 2. The zero-order valence-corrected chi connectivity index (χ0v) is 8.91. The van der Waals surface area contributed by atoms with Gasteiger partial charge in [0.1, 0.15) is 0 Å². The summed E-state index contributed by atoms with van der Waals surface area (Å²) in [5, 5.41) is 3.46. The summed E-state index contributed by atoms with van der Waals surface area (Å²) >= 11 is 1.88. The van der Waals surface area contributed by atoms with Crippen LogP contribution in [0.2, 0.25) is 0 Å². The highest BCUT2D eigenvalue weighted by atomic mass is 32.1. The first-order valence-electron chi connectivity index (χ1n) is 4.65. The smallest absolute Gasteiger partial charge is 0.0670 e. The largest absolute Gasteiger partial charge is 0.378 e. The third-order valence-corrected chi connectivity index (χ3v) is 3.72. The summed E-state index contributed by atoms with van der Waals surface area (Å²) in [6, 6.07) is 2.69. The topological polar surface area (TPSA) is 21.3 Å². The van der Waals surface area contributed by atoms with Crippen molar-refractivity contribution < 1.29 is 4.74 Å². The lowest BCUT2D eigenvalue weighted by molar-refractivity contribution is 0.0779. The average Bonchev–Trinajstić information content (AvgIpc) is 2.49.